The molecule has 0 aliphatic carbocycles. The van der Waals surface area contributed by atoms with Gasteiger partial charge in [0.2, 0.25) is 0 Å². The fourth-order valence-electron chi connectivity index (χ4n) is 2.22. The van der Waals surface area contributed by atoms with Crippen LogP contribution in [0.5, 0.6) is 0 Å². The first-order valence-electron chi connectivity index (χ1n) is 5.58. The van der Waals surface area contributed by atoms with E-state index in [0.717, 1.165) is 6.42 Å². The van der Waals surface area contributed by atoms with Crippen molar-refractivity contribution in [2.75, 3.05) is 6.54 Å². The van der Waals surface area contributed by atoms with Gasteiger partial charge in [-0.15, -0.1) is 0 Å². The Hall–Kier alpha value is -1.80. The fraction of sp³-hybridized carbons (Fsp3) is 0.143. The highest BCUT2D eigenvalue weighted by molar-refractivity contribution is 6.07. The number of hydrogen-bond donors (Lipinski definition) is 2. The fourth-order valence-corrected chi connectivity index (χ4v) is 2.22. The van der Waals surface area contributed by atoms with Crippen LogP contribution in [0.3, 0.4) is 0 Å². The van der Waals surface area contributed by atoms with Crippen molar-refractivity contribution in [3.8, 4) is 0 Å². The van der Waals surface area contributed by atoms with E-state index in [1.807, 2.05) is 0 Å². The molecule has 0 aliphatic heterocycles. The monoisotopic (exact) mass is 210 g/mol. The van der Waals surface area contributed by atoms with E-state index in [1.165, 1.54) is 27.4 Å². The van der Waals surface area contributed by atoms with E-state index >= 15 is 0 Å². The summed E-state index contributed by atoms with van der Waals surface area (Å²) in [6.45, 7) is 0.702. The van der Waals surface area contributed by atoms with Crippen LogP contribution in [0, 0.1) is 0 Å². The first-order chi connectivity index (χ1) is 7.88. The third kappa shape index (κ3) is 1.39. The first kappa shape index (κ1) is 9.43. The SMILES string of the molecule is NCCc1ccc2[nH]c3ccccc3c2c1. The predicted molar refractivity (Wildman–Crippen MR) is 68.6 cm³/mol. The van der Waals surface area contributed by atoms with Crippen LogP contribution in [-0.4, -0.2) is 11.5 Å². The molecule has 0 saturated heterocycles. The number of fused-ring (bicyclic) bond motifs is 3. The van der Waals surface area contributed by atoms with Crippen molar-refractivity contribution in [1.82, 2.24) is 4.98 Å². The summed E-state index contributed by atoms with van der Waals surface area (Å²) in [5.41, 5.74) is 9.28. The van der Waals surface area contributed by atoms with Crippen LogP contribution < -0.4 is 5.73 Å². The van der Waals surface area contributed by atoms with Crippen molar-refractivity contribution < 1.29 is 0 Å². The smallest absolute Gasteiger partial charge is 0.0465 e. The molecular weight excluding hydrogens is 196 g/mol. The molecule has 0 fully saturated rings. The number of aromatic nitrogens is 1. The Kier molecular flexibility index (Phi) is 2.15. The van der Waals surface area contributed by atoms with Gasteiger partial charge >= 0.3 is 0 Å². The van der Waals surface area contributed by atoms with Gasteiger partial charge in [0.05, 0.1) is 0 Å². The van der Waals surface area contributed by atoms with Gasteiger partial charge in [0.15, 0.2) is 0 Å². The van der Waals surface area contributed by atoms with Crippen LogP contribution in [0.2, 0.25) is 0 Å². The average Bonchev–Trinajstić information content (AvgIpc) is 2.68. The highest BCUT2D eigenvalue weighted by atomic mass is 14.7. The number of hydrogen-bond acceptors (Lipinski definition) is 1. The van der Waals surface area contributed by atoms with E-state index in [-0.39, 0.29) is 0 Å². The zero-order valence-corrected chi connectivity index (χ0v) is 9.03. The zero-order chi connectivity index (χ0) is 11.0. The summed E-state index contributed by atoms with van der Waals surface area (Å²) in [5, 5.41) is 2.58. The van der Waals surface area contributed by atoms with E-state index in [2.05, 4.69) is 47.4 Å². The van der Waals surface area contributed by atoms with Gasteiger partial charge in [-0.25, -0.2) is 0 Å². The topological polar surface area (TPSA) is 41.8 Å². The average molecular weight is 210 g/mol. The van der Waals surface area contributed by atoms with E-state index in [1.54, 1.807) is 0 Å². The summed E-state index contributed by atoms with van der Waals surface area (Å²) < 4.78 is 0. The van der Waals surface area contributed by atoms with Gasteiger partial charge in [0.1, 0.15) is 0 Å². The van der Waals surface area contributed by atoms with E-state index in [4.69, 9.17) is 5.73 Å². The van der Waals surface area contributed by atoms with Crippen LogP contribution in [0.15, 0.2) is 42.5 Å². The van der Waals surface area contributed by atoms with Crippen molar-refractivity contribution >= 4 is 21.8 Å². The van der Waals surface area contributed by atoms with Crippen LogP contribution in [-0.2, 0) is 6.42 Å². The third-order valence-corrected chi connectivity index (χ3v) is 3.00. The lowest BCUT2D eigenvalue weighted by atomic mass is 10.1. The van der Waals surface area contributed by atoms with E-state index in [9.17, 15) is 0 Å². The molecule has 80 valence electrons. The summed E-state index contributed by atoms with van der Waals surface area (Å²) in [6.07, 6.45) is 0.940. The van der Waals surface area contributed by atoms with Crippen molar-refractivity contribution in [1.29, 1.82) is 0 Å². The molecule has 0 amide bonds. The van der Waals surface area contributed by atoms with Crippen molar-refractivity contribution in [3.63, 3.8) is 0 Å². The lowest BCUT2D eigenvalue weighted by Gasteiger charge is -1.98. The van der Waals surface area contributed by atoms with Crippen molar-refractivity contribution in [2.45, 2.75) is 6.42 Å². The quantitative estimate of drug-likeness (QED) is 0.671. The molecular formula is C14H14N2. The Morgan fingerprint density at radius 2 is 1.75 bits per heavy atom. The molecule has 0 saturated carbocycles. The number of para-hydroxylation sites is 1. The number of nitrogens with one attached hydrogen (secondary N) is 1. The molecule has 0 atom stereocenters. The maximum absolute atomic E-state index is 5.58. The molecule has 0 unspecified atom stereocenters. The molecule has 16 heavy (non-hydrogen) atoms. The minimum Gasteiger partial charge on any atom is -0.355 e. The summed E-state index contributed by atoms with van der Waals surface area (Å²) in [4.78, 5) is 3.42. The van der Waals surface area contributed by atoms with Crippen LogP contribution in [0.1, 0.15) is 5.56 Å². The van der Waals surface area contributed by atoms with Crippen LogP contribution in [0.25, 0.3) is 21.8 Å². The number of rotatable bonds is 2. The summed E-state index contributed by atoms with van der Waals surface area (Å²) in [7, 11) is 0. The zero-order valence-electron chi connectivity index (χ0n) is 9.03. The second-order valence-corrected chi connectivity index (χ2v) is 4.09. The molecule has 1 heterocycles. The van der Waals surface area contributed by atoms with Gasteiger partial charge in [-0.3, -0.25) is 0 Å². The number of aromatic amines is 1. The van der Waals surface area contributed by atoms with E-state index in [0.29, 0.717) is 6.54 Å². The van der Waals surface area contributed by atoms with Gasteiger partial charge in [-0.1, -0.05) is 24.3 Å². The Labute approximate surface area is 94.1 Å². The summed E-state index contributed by atoms with van der Waals surface area (Å²) in [5.74, 6) is 0. The highest BCUT2D eigenvalue weighted by Crippen LogP contribution is 2.25. The van der Waals surface area contributed by atoms with Crippen molar-refractivity contribution in [2.24, 2.45) is 5.73 Å². The van der Waals surface area contributed by atoms with Gasteiger partial charge in [-0.2, -0.15) is 0 Å². The van der Waals surface area contributed by atoms with E-state index < -0.39 is 0 Å². The molecule has 0 bridgehead atoms. The normalized spacial score (nSPS) is 11.3. The predicted octanol–water partition coefficient (Wildman–Crippen LogP) is 2.82. The summed E-state index contributed by atoms with van der Waals surface area (Å²) >= 11 is 0. The first-order valence-corrected chi connectivity index (χ1v) is 5.58. The van der Waals surface area contributed by atoms with Crippen LogP contribution >= 0.6 is 0 Å². The molecule has 1 aromatic heterocycles. The Morgan fingerprint density at radius 1 is 0.938 bits per heavy atom. The van der Waals surface area contributed by atoms with Gasteiger partial charge < -0.3 is 10.7 Å². The number of H-pyrrole nitrogens is 1. The minimum atomic E-state index is 0.702. The largest absolute Gasteiger partial charge is 0.355 e. The van der Waals surface area contributed by atoms with Gasteiger partial charge in [0, 0.05) is 21.8 Å². The molecule has 3 aromatic rings. The molecule has 0 spiro atoms. The lowest BCUT2D eigenvalue weighted by Crippen LogP contribution is -2.02. The van der Waals surface area contributed by atoms with Gasteiger partial charge in [0.25, 0.3) is 0 Å². The molecule has 2 heteroatoms. The molecule has 0 aliphatic rings. The molecule has 3 rings (SSSR count). The Balaban J connectivity index is 2.31. The Morgan fingerprint density at radius 3 is 2.62 bits per heavy atom. The van der Waals surface area contributed by atoms with Gasteiger partial charge in [-0.05, 0) is 36.7 Å². The molecule has 2 aromatic carbocycles. The Bertz CT molecular complexity index is 637. The van der Waals surface area contributed by atoms with Crippen LogP contribution in [0.4, 0.5) is 0 Å². The maximum Gasteiger partial charge on any atom is 0.0465 e. The van der Waals surface area contributed by atoms with Crippen molar-refractivity contribution in [3.05, 3.63) is 48.0 Å². The second kappa shape index (κ2) is 3.65. The lowest BCUT2D eigenvalue weighted by molar-refractivity contribution is 0.971. The number of nitrogens with two attached hydrogens (primary N) is 1. The highest BCUT2D eigenvalue weighted by Gasteiger charge is 2.03. The third-order valence-electron chi connectivity index (χ3n) is 3.00. The maximum atomic E-state index is 5.58. The molecule has 3 N–H and O–H groups in total. The minimum absolute atomic E-state index is 0.702. The molecule has 0 radical (unpaired) electrons. The standard InChI is InChI=1S/C14H14N2/c15-8-7-10-5-6-14-12(9-10)11-3-1-2-4-13(11)16-14/h1-6,9,16H,7-8,15H2. The second-order valence-electron chi connectivity index (χ2n) is 4.09. The molecule has 2 nitrogen and oxygen atoms in total. The number of benzene rings is 2. The summed E-state index contributed by atoms with van der Waals surface area (Å²) in [6, 6.07) is 14.9.